The van der Waals surface area contributed by atoms with E-state index in [1.165, 1.54) is 23.4 Å². The summed E-state index contributed by atoms with van der Waals surface area (Å²) in [4.78, 5) is 36.2. The minimum absolute atomic E-state index is 0.314. The second kappa shape index (κ2) is 6.99. The molecule has 0 aliphatic rings. The number of H-pyrrole nitrogens is 1. The van der Waals surface area contributed by atoms with Crippen LogP contribution in [0.1, 0.15) is 11.4 Å². The number of aromatic nitrogens is 6. The molecule has 144 valence electrons. The summed E-state index contributed by atoms with van der Waals surface area (Å²) in [5, 5.41) is 1.46. The fourth-order valence-electron chi connectivity index (χ4n) is 3.01. The fourth-order valence-corrected chi connectivity index (χ4v) is 4.02. The van der Waals surface area contributed by atoms with Crippen LogP contribution < -0.4 is 11.2 Å². The number of thioether (sulfide) groups is 1. The molecule has 0 saturated carbocycles. The Hall–Kier alpha value is -2.78. The number of hydrogen-bond acceptors (Lipinski definition) is 5. The quantitative estimate of drug-likeness (QED) is 0.516. The summed E-state index contributed by atoms with van der Waals surface area (Å²) in [6.45, 7) is 1.96. The van der Waals surface area contributed by atoms with Gasteiger partial charge >= 0.3 is 5.69 Å². The van der Waals surface area contributed by atoms with Gasteiger partial charge in [-0.3, -0.25) is 18.5 Å². The molecule has 0 spiro atoms. The molecule has 3 aromatic heterocycles. The molecule has 4 aromatic rings. The Morgan fingerprint density at radius 3 is 2.79 bits per heavy atom. The summed E-state index contributed by atoms with van der Waals surface area (Å²) in [6.07, 6.45) is 3.60. The first-order chi connectivity index (χ1) is 13.4. The lowest BCUT2D eigenvalue weighted by Crippen LogP contribution is -2.36. The summed E-state index contributed by atoms with van der Waals surface area (Å²) < 4.78 is 4.38. The molecule has 0 aliphatic heterocycles. The average molecular weight is 417 g/mol. The molecule has 1 aromatic carbocycles. The highest BCUT2D eigenvalue weighted by Crippen LogP contribution is 2.28. The lowest BCUT2D eigenvalue weighted by molar-refractivity contribution is 0.708. The maximum absolute atomic E-state index is 12.3. The monoisotopic (exact) mass is 416 g/mol. The zero-order valence-corrected chi connectivity index (χ0v) is 17.0. The minimum atomic E-state index is -0.407. The van der Waals surface area contributed by atoms with Crippen LogP contribution in [-0.2, 0) is 19.8 Å². The van der Waals surface area contributed by atoms with Crippen LogP contribution in [-0.4, -0.2) is 28.7 Å². The van der Waals surface area contributed by atoms with Gasteiger partial charge in [0.1, 0.15) is 11.3 Å². The number of aryl methyl sites for hydroxylation is 1. The number of nitrogens with zero attached hydrogens (tertiary/aromatic N) is 5. The van der Waals surface area contributed by atoms with Crippen molar-refractivity contribution in [2.45, 2.75) is 17.8 Å². The Bertz CT molecular complexity index is 1320. The number of halogens is 1. The topological polar surface area (TPSA) is 90.5 Å². The third-order valence-corrected chi connectivity index (χ3v) is 5.97. The molecule has 0 fully saturated rings. The summed E-state index contributed by atoms with van der Waals surface area (Å²) in [5.41, 5.74) is 1.78. The molecule has 0 bridgehead atoms. The van der Waals surface area contributed by atoms with E-state index in [1.807, 2.05) is 35.9 Å². The highest BCUT2D eigenvalue weighted by Gasteiger charge is 2.15. The third-order valence-electron chi connectivity index (χ3n) is 4.59. The summed E-state index contributed by atoms with van der Waals surface area (Å²) >= 11 is 7.71. The predicted octanol–water partition coefficient (Wildman–Crippen LogP) is 2.40. The first-order valence-electron chi connectivity index (χ1n) is 8.44. The van der Waals surface area contributed by atoms with E-state index in [4.69, 9.17) is 11.6 Å². The van der Waals surface area contributed by atoms with E-state index < -0.39 is 11.2 Å². The number of rotatable bonds is 4. The van der Waals surface area contributed by atoms with Crippen molar-refractivity contribution in [3.05, 3.63) is 67.8 Å². The number of imidazole rings is 2. The first-order valence-corrected chi connectivity index (χ1v) is 9.81. The summed E-state index contributed by atoms with van der Waals surface area (Å²) in [7, 11) is 3.04. The molecule has 0 unspecified atom stereocenters. The molecule has 28 heavy (non-hydrogen) atoms. The van der Waals surface area contributed by atoms with Crippen LogP contribution in [0.15, 0.2) is 45.3 Å². The number of nitrogens with one attached hydrogen (secondary N) is 1. The Labute approximate surface area is 168 Å². The van der Waals surface area contributed by atoms with Gasteiger partial charge in [0.2, 0.25) is 0 Å². The molecule has 8 nitrogen and oxygen atoms in total. The van der Waals surface area contributed by atoms with E-state index in [-0.39, 0.29) is 0 Å². The summed E-state index contributed by atoms with van der Waals surface area (Å²) in [5.74, 6) is 1.05. The molecule has 10 heteroatoms. The molecular weight excluding hydrogens is 400 g/mol. The van der Waals surface area contributed by atoms with Gasteiger partial charge in [0.05, 0.1) is 11.4 Å². The zero-order valence-electron chi connectivity index (χ0n) is 15.4. The van der Waals surface area contributed by atoms with E-state index in [0.29, 0.717) is 27.8 Å². The van der Waals surface area contributed by atoms with Gasteiger partial charge in [-0.25, -0.2) is 14.8 Å². The summed E-state index contributed by atoms with van der Waals surface area (Å²) in [6, 6.07) is 5.73. The van der Waals surface area contributed by atoms with E-state index >= 15 is 0 Å². The Kier molecular flexibility index (Phi) is 4.64. The van der Waals surface area contributed by atoms with E-state index in [9.17, 15) is 9.59 Å². The number of aromatic amines is 1. The maximum atomic E-state index is 12.3. The predicted molar refractivity (Wildman–Crippen MR) is 109 cm³/mol. The normalized spacial score (nSPS) is 11.4. The Balaban J connectivity index is 1.67. The van der Waals surface area contributed by atoms with Gasteiger partial charge in [0.25, 0.3) is 5.56 Å². The van der Waals surface area contributed by atoms with Crippen LogP contribution >= 0.6 is 23.4 Å². The second-order valence-corrected chi connectivity index (χ2v) is 7.69. The van der Waals surface area contributed by atoms with Gasteiger partial charge in [-0.1, -0.05) is 29.4 Å². The molecule has 1 N–H and O–H groups in total. The van der Waals surface area contributed by atoms with Crippen molar-refractivity contribution in [2.24, 2.45) is 14.1 Å². The van der Waals surface area contributed by atoms with Crippen LogP contribution in [0, 0.1) is 6.92 Å². The molecule has 0 atom stereocenters. The molecular formula is C18H17ClN6O2S. The van der Waals surface area contributed by atoms with Crippen LogP contribution in [0.2, 0.25) is 5.02 Å². The van der Waals surface area contributed by atoms with Crippen LogP contribution in [0.4, 0.5) is 0 Å². The standard InChI is InChI=1S/C18H17ClN6O2S/c1-10-11(19)5-4-6-12(10)25-8-7-20-17(25)28-9-13-21-14-15(22-13)23(2)18(27)24(3)16(14)26/h4-8H,9H2,1-3H3,(H,21,22). The van der Waals surface area contributed by atoms with E-state index in [2.05, 4.69) is 15.0 Å². The molecule has 0 radical (unpaired) electrons. The highest BCUT2D eigenvalue weighted by molar-refractivity contribution is 7.98. The van der Waals surface area contributed by atoms with Crippen LogP contribution in [0.3, 0.4) is 0 Å². The number of fused-ring (bicyclic) bond motifs is 1. The molecule has 3 heterocycles. The number of hydrogen-bond donors (Lipinski definition) is 1. The Morgan fingerprint density at radius 2 is 2.00 bits per heavy atom. The second-order valence-electron chi connectivity index (χ2n) is 6.34. The van der Waals surface area contributed by atoms with Crippen molar-refractivity contribution in [1.82, 2.24) is 28.7 Å². The van der Waals surface area contributed by atoms with Crippen molar-refractivity contribution in [2.75, 3.05) is 0 Å². The van der Waals surface area contributed by atoms with Crippen LogP contribution in [0.25, 0.3) is 16.9 Å². The maximum Gasteiger partial charge on any atom is 0.332 e. The van der Waals surface area contributed by atoms with Crippen molar-refractivity contribution in [1.29, 1.82) is 0 Å². The fraction of sp³-hybridized carbons (Fsp3) is 0.222. The van der Waals surface area contributed by atoms with Gasteiger partial charge in [0.15, 0.2) is 10.8 Å². The number of benzene rings is 1. The van der Waals surface area contributed by atoms with E-state index in [1.54, 1.807) is 13.2 Å². The molecule has 0 saturated heterocycles. The molecule has 0 amide bonds. The average Bonchev–Trinajstić information content (AvgIpc) is 3.32. The molecule has 0 aliphatic carbocycles. The Morgan fingerprint density at radius 1 is 1.21 bits per heavy atom. The minimum Gasteiger partial charge on any atom is -0.335 e. The lowest BCUT2D eigenvalue weighted by Gasteiger charge is -2.11. The van der Waals surface area contributed by atoms with Gasteiger partial charge in [-0.15, -0.1) is 0 Å². The SMILES string of the molecule is Cc1c(Cl)cccc1-n1ccnc1SCc1nc2c([nH]1)c(=O)n(C)c(=O)n2C. The third kappa shape index (κ3) is 2.96. The largest absolute Gasteiger partial charge is 0.335 e. The van der Waals surface area contributed by atoms with Crippen molar-refractivity contribution in [3.63, 3.8) is 0 Å². The van der Waals surface area contributed by atoms with Crippen molar-refractivity contribution < 1.29 is 0 Å². The van der Waals surface area contributed by atoms with Gasteiger partial charge in [-0.05, 0) is 24.6 Å². The first kappa shape index (κ1) is 18.6. The molecule has 4 rings (SSSR count). The lowest BCUT2D eigenvalue weighted by atomic mass is 10.2. The van der Waals surface area contributed by atoms with E-state index in [0.717, 1.165) is 21.0 Å². The highest BCUT2D eigenvalue weighted by atomic mass is 35.5. The van der Waals surface area contributed by atoms with Crippen molar-refractivity contribution >= 4 is 34.5 Å². The van der Waals surface area contributed by atoms with Gasteiger partial charge < -0.3 is 4.98 Å². The van der Waals surface area contributed by atoms with Gasteiger partial charge in [0, 0.05) is 31.5 Å². The smallest absolute Gasteiger partial charge is 0.332 e. The van der Waals surface area contributed by atoms with Gasteiger partial charge in [-0.2, -0.15) is 0 Å². The van der Waals surface area contributed by atoms with Crippen LogP contribution in [0.5, 0.6) is 0 Å². The van der Waals surface area contributed by atoms with Crippen molar-refractivity contribution in [3.8, 4) is 5.69 Å². The zero-order chi connectivity index (χ0) is 20.0.